The number of ketones is 1. The van der Waals surface area contributed by atoms with Crippen LogP contribution in [-0.4, -0.2) is 43.3 Å². The molecule has 0 aliphatic carbocycles. The highest BCUT2D eigenvalue weighted by Gasteiger charge is 2.27. The molecule has 0 unspecified atom stereocenters. The van der Waals surface area contributed by atoms with Gasteiger partial charge in [0.05, 0.1) is 17.7 Å². The molecule has 0 bridgehead atoms. The predicted molar refractivity (Wildman–Crippen MR) is 104 cm³/mol. The number of hydrogen-bond donors (Lipinski definition) is 1. The molecule has 1 fully saturated rings. The topological polar surface area (TPSA) is 58.6 Å². The molecule has 26 heavy (non-hydrogen) atoms. The largest absolute Gasteiger partial charge is 0.495 e. The molecule has 1 aromatic carbocycles. The average Bonchev–Trinajstić information content (AvgIpc) is 3.21. The third-order valence-corrected chi connectivity index (χ3v) is 5.56. The Bertz CT molecular complexity index is 745. The molecule has 3 rings (SSSR count). The highest BCUT2D eigenvalue weighted by Crippen LogP contribution is 2.24. The zero-order valence-corrected chi connectivity index (χ0v) is 15.8. The number of hydrogen-bond acceptors (Lipinski definition) is 5. The highest BCUT2D eigenvalue weighted by atomic mass is 32.1. The van der Waals surface area contributed by atoms with Crippen LogP contribution in [0, 0.1) is 5.92 Å². The summed E-state index contributed by atoms with van der Waals surface area (Å²) in [6, 6.07) is 11.2. The Morgan fingerprint density at radius 2 is 2.12 bits per heavy atom. The molecule has 6 heteroatoms. The van der Waals surface area contributed by atoms with E-state index in [-0.39, 0.29) is 17.6 Å². The van der Waals surface area contributed by atoms with Gasteiger partial charge < -0.3 is 15.0 Å². The van der Waals surface area contributed by atoms with Gasteiger partial charge in [0.2, 0.25) is 5.91 Å². The first kappa shape index (κ1) is 18.6. The molecule has 1 amide bonds. The first-order valence-electron chi connectivity index (χ1n) is 8.90. The van der Waals surface area contributed by atoms with Crippen LogP contribution in [0.4, 0.5) is 5.69 Å². The second-order valence-electron chi connectivity index (χ2n) is 6.48. The number of piperidine rings is 1. The number of carbonyl (C=O) groups is 2. The smallest absolute Gasteiger partial charge is 0.225 e. The Morgan fingerprint density at radius 3 is 2.88 bits per heavy atom. The van der Waals surface area contributed by atoms with Crippen LogP contribution in [0.15, 0.2) is 41.8 Å². The van der Waals surface area contributed by atoms with Crippen molar-refractivity contribution in [3.63, 3.8) is 0 Å². The number of anilines is 1. The van der Waals surface area contributed by atoms with E-state index in [1.54, 1.807) is 7.11 Å². The molecule has 1 aliphatic rings. The first-order valence-corrected chi connectivity index (χ1v) is 9.78. The van der Waals surface area contributed by atoms with Crippen molar-refractivity contribution in [3.05, 3.63) is 46.7 Å². The van der Waals surface area contributed by atoms with E-state index in [2.05, 4.69) is 10.2 Å². The maximum Gasteiger partial charge on any atom is 0.225 e. The van der Waals surface area contributed by atoms with Gasteiger partial charge in [-0.05, 0) is 43.0 Å². The lowest BCUT2D eigenvalue weighted by Crippen LogP contribution is -2.40. The molecule has 2 aromatic rings. The fourth-order valence-corrected chi connectivity index (χ4v) is 4.06. The molecule has 5 nitrogen and oxygen atoms in total. The van der Waals surface area contributed by atoms with Crippen molar-refractivity contribution < 1.29 is 14.3 Å². The van der Waals surface area contributed by atoms with Gasteiger partial charge in [-0.25, -0.2) is 0 Å². The molecular weight excluding hydrogens is 348 g/mol. The van der Waals surface area contributed by atoms with Gasteiger partial charge in [-0.3, -0.25) is 9.59 Å². The Balaban J connectivity index is 1.49. The van der Waals surface area contributed by atoms with Crippen molar-refractivity contribution in [1.29, 1.82) is 0 Å². The van der Waals surface area contributed by atoms with E-state index < -0.39 is 0 Å². The van der Waals surface area contributed by atoms with Crippen molar-refractivity contribution in [2.45, 2.75) is 19.3 Å². The highest BCUT2D eigenvalue weighted by molar-refractivity contribution is 7.12. The lowest BCUT2D eigenvalue weighted by molar-refractivity contribution is -0.116. The molecule has 1 N–H and O–H groups in total. The average molecular weight is 372 g/mol. The van der Waals surface area contributed by atoms with E-state index in [9.17, 15) is 9.59 Å². The zero-order chi connectivity index (χ0) is 18.4. The molecule has 0 radical (unpaired) electrons. The van der Waals surface area contributed by atoms with Gasteiger partial charge >= 0.3 is 0 Å². The molecule has 1 aromatic heterocycles. The summed E-state index contributed by atoms with van der Waals surface area (Å²) in [5.74, 6) is 0.893. The van der Waals surface area contributed by atoms with E-state index in [0.717, 1.165) is 30.8 Å². The standard InChI is InChI=1S/C20H24N2O3S/c1-25-17-8-3-2-7-16(17)21-19(23)10-12-22-11-4-6-15(14-22)20(24)18-9-5-13-26-18/h2-3,5,7-9,13,15H,4,6,10-12,14H2,1H3,(H,21,23)/t15-/m0/s1. The number of carbonyl (C=O) groups excluding carboxylic acids is 2. The SMILES string of the molecule is COc1ccccc1NC(=O)CCN1CCC[C@H](C(=O)c2cccs2)C1. The van der Waals surface area contributed by atoms with E-state index >= 15 is 0 Å². The monoisotopic (exact) mass is 372 g/mol. The van der Waals surface area contributed by atoms with Gasteiger partial charge in [0.1, 0.15) is 5.75 Å². The van der Waals surface area contributed by atoms with Crippen LogP contribution >= 0.6 is 11.3 Å². The van der Waals surface area contributed by atoms with Crippen molar-refractivity contribution >= 4 is 28.7 Å². The minimum Gasteiger partial charge on any atom is -0.495 e. The molecule has 0 saturated carbocycles. The van der Waals surface area contributed by atoms with Gasteiger partial charge in [0, 0.05) is 25.4 Å². The maximum atomic E-state index is 12.5. The summed E-state index contributed by atoms with van der Waals surface area (Å²) in [6.07, 6.45) is 2.33. The van der Waals surface area contributed by atoms with Crippen LogP contribution in [0.2, 0.25) is 0 Å². The van der Waals surface area contributed by atoms with Crippen molar-refractivity contribution in [1.82, 2.24) is 4.90 Å². The number of nitrogens with zero attached hydrogens (tertiary/aromatic N) is 1. The fraction of sp³-hybridized carbons (Fsp3) is 0.400. The summed E-state index contributed by atoms with van der Waals surface area (Å²) in [5.41, 5.74) is 0.685. The van der Waals surface area contributed by atoms with Gasteiger partial charge in [0.15, 0.2) is 5.78 Å². The number of methoxy groups -OCH3 is 1. The quantitative estimate of drug-likeness (QED) is 0.753. The maximum absolute atomic E-state index is 12.5. The number of amides is 1. The van der Waals surface area contributed by atoms with Crippen LogP contribution in [0.5, 0.6) is 5.75 Å². The van der Waals surface area contributed by atoms with E-state index in [0.29, 0.717) is 24.4 Å². The minimum absolute atomic E-state index is 0.0405. The third kappa shape index (κ3) is 4.71. The first-order chi connectivity index (χ1) is 12.7. The number of likely N-dealkylation sites (tertiary alicyclic amines) is 1. The van der Waals surface area contributed by atoms with Crippen LogP contribution in [0.3, 0.4) is 0 Å². The normalized spacial score (nSPS) is 17.7. The van der Waals surface area contributed by atoms with Crippen molar-refractivity contribution in [3.8, 4) is 5.75 Å². The van der Waals surface area contributed by atoms with Crippen LogP contribution in [0.1, 0.15) is 28.9 Å². The number of para-hydroxylation sites is 2. The molecule has 1 aliphatic heterocycles. The summed E-state index contributed by atoms with van der Waals surface area (Å²) in [4.78, 5) is 27.9. The molecule has 138 valence electrons. The Hall–Kier alpha value is -2.18. The summed E-state index contributed by atoms with van der Waals surface area (Å²) in [6.45, 7) is 2.34. The summed E-state index contributed by atoms with van der Waals surface area (Å²) >= 11 is 1.50. The molecule has 0 spiro atoms. The molecular formula is C20H24N2O3S. The summed E-state index contributed by atoms with van der Waals surface area (Å²) < 4.78 is 5.25. The van der Waals surface area contributed by atoms with E-state index in [1.165, 1.54) is 11.3 Å². The van der Waals surface area contributed by atoms with Gasteiger partial charge in [-0.1, -0.05) is 18.2 Å². The van der Waals surface area contributed by atoms with E-state index in [4.69, 9.17) is 4.74 Å². The van der Waals surface area contributed by atoms with Gasteiger partial charge in [-0.15, -0.1) is 11.3 Å². The Kier molecular flexibility index (Phi) is 6.41. The lowest BCUT2D eigenvalue weighted by atomic mass is 9.93. The fourth-order valence-electron chi connectivity index (χ4n) is 3.31. The van der Waals surface area contributed by atoms with Crippen LogP contribution in [-0.2, 0) is 4.79 Å². The van der Waals surface area contributed by atoms with Crippen molar-refractivity contribution in [2.75, 3.05) is 32.1 Å². The number of rotatable bonds is 7. The van der Waals surface area contributed by atoms with Gasteiger partial charge in [-0.2, -0.15) is 0 Å². The second kappa shape index (κ2) is 8.96. The predicted octanol–water partition coefficient (Wildman–Crippen LogP) is 3.68. The van der Waals surface area contributed by atoms with Gasteiger partial charge in [0.25, 0.3) is 0 Å². The lowest BCUT2D eigenvalue weighted by Gasteiger charge is -2.31. The molecule has 2 heterocycles. The summed E-state index contributed by atoms with van der Waals surface area (Å²) in [7, 11) is 1.59. The summed E-state index contributed by atoms with van der Waals surface area (Å²) in [5, 5.41) is 4.84. The third-order valence-electron chi connectivity index (χ3n) is 4.68. The van der Waals surface area contributed by atoms with Crippen LogP contribution in [0.25, 0.3) is 0 Å². The number of ether oxygens (including phenoxy) is 1. The number of benzene rings is 1. The zero-order valence-electron chi connectivity index (χ0n) is 14.9. The minimum atomic E-state index is -0.0405. The molecule has 1 atom stereocenters. The van der Waals surface area contributed by atoms with Crippen LogP contribution < -0.4 is 10.1 Å². The van der Waals surface area contributed by atoms with E-state index in [1.807, 2.05) is 41.8 Å². The number of Topliss-reactive ketones (excluding diaryl/α,β-unsaturated/α-hetero) is 1. The Labute approximate surface area is 158 Å². The Morgan fingerprint density at radius 1 is 1.27 bits per heavy atom. The number of thiophene rings is 1. The second-order valence-corrected chi connectivity index (χ2v) is 7.43. The molecule has 1 saturated heterocycles. The number of nitrogens with one attached hydrogen (secondary N) is 1. The van der Waals surface area contributed by atoms with Crippen molar-refractivity contribution in [2.24, 2.45) is 5.92 Å².